The third kappa shape index (κ3) is 4.53. The van der Waals surface area contributed by atoms with Gasteiger partial charge in [-0.1, -0.05) is 43.7 Å². The van der Waals surface area contributed by atoms with Crippen molar-refractivity contribution >= 4 is 5.95 Å². The molecule has 0 unspecified atom stereocenters. The summed E-state index contributed by atoms with van der Waals surface area (Å²) in [5.74, 6) is 0.569. The number of hydrogen-bond donors (Lipinski definition) is 2. The molecule has 20 heavy (non-hydrogen) atoms. The fourth-order valence-electron chi connectivity index (χ4n) is 2.05. The number of aromatic amines is 1. The second-order valence-corrected chi connectivity index (χ2v) is 4.85. The summed E-state index contributed by atoms with van der Waals surface area (Å²) in [5, 5.41) is 3.18. The van der Waals surface area contributed by atoms with Crippen LogP contribution in [0.15, 0.2) is 41.2 Å². The summed E-state index contributed by atoms with van der Waals surface area (Å²) in [5.41, 5.74) is 2.04. The van der Waals surface area contributed by atoms with Crippen LogP contribution in [0.25, 0.3) is 0 Å². The van der Waals surface area contributed by atoms with E-state index in [9.17, 15) is 4.79 Å². The second kappa shape index (κ2) is 7.48. The average Bonchev–Trinajstić information content (AvgIpc) is 2.46. The van der Waals surface area contributed by atoms with Gasteiger partial charge >= 0.3 is 0 Å². The molecule has 0 fully saturated rings. The van der Waals surface area contributed by atoms with Gasteiger partial charge in [0.25, 0.3) is 5.56 Å². The molecule has 0 saturated heterocycles. The van der Waals surface area contributed by atoms with Crippen molar-refractivity contribution in [2.24, 2.45) is 0 Å². The number of hydrogen-bond acceptors (Lipinski definition) is 3. The SMILES string of the molecule is CCCCc1cc(=O)[nH]c(NCCc2ccccc2)n1. The standard InChI is InChI=1S/C16H21N3O/c1-2-3-9-14-12-15(20)19-16(18-14)17-11-10-13-7-5-4-6-8-13/h4-8,12H,2-3,9-11H2,1H3,(H2,17,18,19,20). The molecule has 0 aliphatic carbocycles. The predicted molar refractivity (Wildman–Crippen MR) is 82.1 cm³/mol. The number of nitrogens with zero attached hydrogens (tertiary/aromatic N) is 1. The Kier molecular flexibility index (Phi) is 5.35. The first-order valence-corrected chi connectivity index (χ1v) is 7.16. The molecule has 2 rings (SSSR count). The lowest BCUT2D eigenvalue weighted by molar-refractivity contribution is 0.771. The maximum absolute atomic E-state index is 11.6. The average molecular weight is 271 g/mol. The van der Waals surface area contributed by atoms with E-state index in [2.05, 4.69) is 34.3 Å². The third-order valence-corrected chi connectivity index (χ3v) is 3.13. The van der Waals surface area contributed by atoms with Crippen LogP contribution in [0.1, 0.15) is 31.0 Å². The van der Waals surface area contributed by atoms with E-state index >= 15 is 0 Å². The maximum Gasteiger partial charge on any atom is 0.252 e. The first-order chi connectivity index (χ1) is 9.78. The molecule has 0 bridgehead atoms. The smallest absolute Gasteiger partial charge is 0.252 e. The molecular weight excluding hydrogens is 250 g/mol. The molecule has 0 radical (unpaired) electrons. The van der Waals surface area contributed by atoms with Crippen molar-refractivity contribution in [1.82, 2.24) is 9.97 Å². The maximum atomic E-state index is 11.6. The number of rotatable bonds is 7. The Morgan fingerprint density at radius 2 is 2.00 bits per heavy atom. The minimum atomic E-state index is -0.0895. The van der Waals surface area contributed by atoms with Gasteiger partial charge in [-0.3, -0.25) is 9.78 Å². The van der Waals surface area contributed by atoms with Gasteiger partial charge in [-0.15, -0.1) is 0 Å². The molecule has 106 valence electrons. The first kappa shape index (κ1) is 14.3. The summed E-state index contributed by atoms with van der Waals surface area (Å²) in [7, 11) is 0. The molecule has 1 aromatic heterocycles. The van der Waals surface area contributed by atoms with Gasteiger partial charge in [0.05, 0.1) is 0 Å². The summed E-state index contributed by atoms with van der Waals surface area (Å²) in [6.45, 7) is 2.89. The van der Waals surface area contributed by atoms with E-state index < -0.39 is 0 Å². The number of aryl methyl sites for hydroxylation is 1. The normalized spacial score (nSPS) is 10.4. The van der Waals surface area contributed by atoms with Gasteiger partial charge in [0.2, 0.25) is 5.95 Å². The quantitative estimate of drug-likeness (QED) is 0.814. The first-order valence-electron chi connectivity index (χ1n) is 7.16. The number of nitrogens with one attached hydrogen (secondary N) is 2. The number of aromatic nitrogens is 2. The van der Waals surface area contributed by atoms with Gasteiger partial charge < -0.3 is 5.32 Å². The van der Waals surface area contributed by atoms with E-state index in [0.29, 0.717) is 5.95 Å². The minimum absolute atomic E-state index is 0.0895. The van der Waals surface area contributed by atoms with E-state index in [1.54, 1.807) is 6.07 Å². The lowest BCUT2D eigenvalue weighted by atomic mass is 10.1. The van der Waals surface area contributed by atoms with Gasteiger partial charge in [-0.2, -0.15) is 0 Å². The topological polar surface area (TPSA) is 57.8 Å². The Bertz CT molecular complexity index is 578. The highest BCUT2D eigenvalue weighted by molar-refractivity contribution is 5.26. The molecule has 0 saturated carbocycles. The van der Waals surface area contributed by atoms with Gasteiger partial charge in [0.15, 0.2) is 0 Å². The van der Waals surface area contributed by atoms with Crippen LogP contribution in [-0.2, 0) is 12.8 Å². The van der Waals surface area contributed by atoms with Crippen LogP contribution in [0, 0.1) is 0 Å². The Hall–Kier alpha value is -2.10. The molecule has 2 aromatic rings. The molecular formula is C16H21N3O. The Labute approximate surface area is 119 Å². The number of unbranched alkanes of at least 4 members (excludes halogenated alkanes) is 1. The molecule has 0 aliphatic rings. The van der Waals surface area contributed by atoms with Gasteiger partial charge in [0.1, 0.15) is 0 Å². The van der Waals surface area contributed by atoms with Crippen LogP contribution in [0.3, 0.4) is 0 Å². The summed E-state index contributed by atoms with van der Waals surface area (Å²) in [6, 6.07) is 11.8. The molecule has 4 nitrogen and oxygen atoms in total. The zero-order valence-corrected chi connectivity index (χ0v) is 11.9. The Morgan fingerprint density at radius 3 is 2.75 bits per heavy atom. The fourth-order valence-corrected chi connectivity index (χ4v) is 2.05. The van der Waals surface area contributed by atoms with Crippen molar-refractivity contribution in [3.05, 3.63) is 58.0 Å². The molecule has 0 spiro atoms. The minimum Gasteiger partial charge on any atom is -0.355 e. The van der Waals surface area contributed by atoms with Crippen LogP contribution in [0.5, 0.6) is 0 Å². The zero-order valence-electron chi connectivity index (χ0n) is 11.9. The lowest BCUT2D eigenvalue weighted by Crippen LogP contribution is -2.15. The van der Waals surface area contributed by atoms with Crippen molar-refractivity contribution in [2.45, 2.75) is 32.6 Å². The highest BCUT2D eigenvalue weighted by atomic mass is 16.1. The molecule has 4 heteroatoms. The Morgan fingerprint density at radius 1 is 1.20 bits per heavy atom. The van der Waals surface area contributed by atoms with Crippen LogP contribution in [0.4, 0.5) is 5.95 Å². The summed E-state index contributed by atoms with van der Waals surface area (Å²) >= 11 is 0. The van der Waals surface area contributed by atoms with Gasteiger partial charge in [-0.05, 0) is 24.8 Å². The molecule has 1 aromatic carbocycles. The van der Waals surface area contributed by atoms with Crippen LogP contribution < -0.4 is 10.9 Å². The molecule has 1 heterocycles. The largest absolute Gasteiger partial charge is 0.355 e. The van der Waals surface area contributed by atoms with E-state index in [-0.39, 0.29) is 5.56 Å². The predicted octanol–water partition coefficient (Wildman–Crippen LogP) is 2.77. The van der Waals surface area contributed by atoms with Crippen LogP contribution in [-0.4, -0.2) is 16.5 Å². The lowest BCUT2D eigenvalue weighted by Gasteiger charge is -2.07. The number of benzene rings is 1. The third-order valence-electron chi connectivity index (χ3n) is 3.13. The number of H-pyrrole nitrogens is 1. The molecule has 0 aliphatic heterocycles. The summed E-state index contributed by atoms with van der Waals surface area (Å²) in [4.78, 5) is 18.7. The van der Waals surface area contributed by atoms with Crippen LogP contribution in [0.2, 0.25) is 0 Å². The van der Waals surface area contributed by atoms with Gasteiger partial charge in [0, 0.05) is 18.3 Å². The summed E-state index contributed by atoms with van der Waals surface area (Å²) < 4.78 is 0. The number of anilines is 1. The monoisotopic (exact) mass is 271 g/mol. The molecule has 2 N–H and O–H groups in total. The Balaban J connectivity index is 1.92. The summed E-state index contributed by atoms with van der Waals surface area (Å²) in [6.07, 6.45) is 3.92. The van der Waals surface area contributed by atoms with E-state index in [1.165, 1.54) is 5.56 Å². The van der Waals surface area contributed by atoms with Crippen molar-refractivity contribution in [3.8, 4) is 0 Å². The van der Waals surface area contributed by atoms with Crippen molar-refractivity contribution < 1.29 is 0 Å². The van der Waals surface area contributed by atoms with E-state index in [4.69, 9.17) is 0 Å². The van der Waals surface area contributed by atoms with Crippen molar-refractivity contribution in [1.29, 1.82) is 0 Å². The van der Waals surface area contributed by atoms with E-state index in [0.717, 1.165) is 37.9 Å². The van der Waals surface area contributed by atoms with E-state index in [1.807, 2.05) is 18.2 Å². The highest BCUT2D eigenvalue weighted by Crippen LogP contribution is 2.04. The van der Waals surface area contributed by atoms with Gasteiger partial charge in [-0.25, -0.2) is 4.98 Å². The van der Waals surface area contributed by atoms with Crippen molar-refractivity contribution in [2.75, 3.05) is 11.9 Å². The second-order valence-electron chi connectivity index (χ2n) is 4.85. The van der Waals surface area contributed by atoms with Crippen molar-refractivity contribution in [3.63, 3.8) is 0 Å². The molecule has 0 atom stereocenters. The fraction of sp³-hybridized carbons (Fsp3) is 0.375. The zero-order chi connectivity index (χ0) is 14.2. The van der Waals surface area contributed by atoms with Crippen LogP contribution >= 0.6 is 0 Å². The molecule has 0 amide bonds. The highest BCUT2D eigenvalue weighted by Gasteiger charge is 2.01.